The van der Waals surface area contributed by atoms with Crippen LogP contribution in [0.5, 0.6) is 0 Å². The Morgan fingerprint density at radius 2 is 2.24 bits per heavy atom. The Morgan fingerprint density at radius 1 is 1.43 bits per heavy atom. The average Bonchev–Trinajstić information content (AvgIpc) is 3.07. The number of halogens is 1. The van der Waals surface area contributed by atoms with Gasteiger partial charge in [0.15, 0.2) is 0 Å². The average molecular weight is 306 g/mol. The van der Waals surface area contributed by atoms with Gasteiger partial charge in [0.05, 0.1) is 24.5 Å². The van der Waals surface area contributed by atoms with Gasteiger partial charge in [-0.1, -0.05) is 11.6 Å². The largest absolute Gasteiger partial charge is 0.460 e. The van der Waals surface area contributed by atoms with Crippen LogP contribution in [0.4, 0.5) is 0 Å². The third-order valence-corrected chi connectivity index (χ3v) is 3.26. The molecule has 0 saturated heterocycles. The fourth-order valence-electron chi connectivity index (χ4n) is 2.09. The first kappa shape index (κ1) is 13.6. The van der Waals surface area contributed by atoms with E-state index in [1.165, 1.54) is 6.20 Å². The predicted molar refractivity (Wildman–Crippen MR) is 77.2 cm³/mol. The summed E-state index contributed by atoms with van der Waals surface area (Å²) in [6, 6.07) is 3.54. The van der Waals surface area contributed by atoms with Gasteiger partial charge < -0.3 is 9.15 Å². The summed E-state index contributed by atoms with van der Waals surface area (Å²) in [6.07, 6.45) is 3.05. The van der Waals surface area contributed by atoms with Gasteiger partial charge in [-0.15, -0.1) is 0 Å². The van der Waals surface area contributed by atoms with E-state index in [1.807, 2.05) is 13.1 Å². The van der Waals surface area contributed by atoms with Crippen LogP contribution in [0.1, 0.15) is 17.5 Å². The van der Waals surface area contributed by atoms with E-state index in [2.05, 4.69) is 10.1 Å². The van der Waals surface area contributed by atoms with Crippen molar-refractivity contribution >= 4 is 28.5 Å². The number of aryl methyl sites for hydroxylation is 1. The number of fused-ring (bicyclic) bond motifs is 1. The van der Waals surface area contributed by atoms with Crippen molar-refractivity contribution in [1.29, 1.82) is 0 Å². The first-order valence-electron chi connectivity index (χ1n) is 6.34. The Labute approximate surface area is 125 Å². The van der Waals surface area contributed by atoms with Gasteiger partial charge in [-0.25, -0.2) is 9.78 Å². The molecule has 0 radical (unpaired) electrons. The lowest BCUT2D eigenvalue weighted by atomic mass is 10.1. The zero-order chi connectivity index (χ0) is 15.0. The lowest BCUT2D eigenvalue weighted by molar-refractivity contribution is 0.0491. The molecule has 21 heavy (non-hydrogen) atoms. The van der Waals surface area contributed by atoms with Crippen molar-refractivity contribution in [1.82, 2.24) is 14.8 Å². The maximum absolute atomic E-state index is 11.6. The minimum Gasteiger partial charge on any atom is -0.460 e. The predicted octanol–water partition coefficient (Wildman–Crippen LogP) is 3.06. The minimum atomic E-state index is -0.541. The number of esters is 1. The van der Waals surface area contributed by atoms with Crippen molar-refractivity contribution in [2.45, 2.75) is 6.92 Å². The molecule has 0 fully saturated rings. The number of benzene rings is 1. The molecule has 6 nitrogen and oxygen atoms in total. The third kappa shape index (κ3) is 2.38. The van der Waals surface area contributed by atoms with Crippen LogP contribution in [0.3, 0.4) is 0 Å². The molecule has 108 valence electrons. The molecular formula is C14H12ClN3O3. The van der Waals surface area contributed by atoms with Gasteiger partial charge in [0, 0.05) is 23.0 Å². The highest BCUT2D eigenvalue weighted by Gasteiger charge is 2.17. The van der Waals surface area contributed by atoms with Crippen LogP contribution in [-0.2, 0) is 11.8 Å². The number of aromatic nitrogens is 3. The second kappa shape index (κ2) is 5.21. The smallest absolute Gasteiger partial charge is 0.375 e. The molecule has 2 heterocycles. The zero-order valence-electron chi connectivity index (χ0n) is 11.5. The van der Waals surface area contributed by atoms with E-state index in [0.717, 1.165) is 10.9 Å². The van der Waals surface area contributed by atoms with Gasteiger partial charge in [-0.2, -0.15) is 5.10 Å². The molecule has 0 unspecified atom stereocenters. The number of carbonyl (C=O) groups is 1. The minimum absolute atomic E-state index is 0.0591. The van der Waals surface area contributed by atoms with Gasteiger partial charge >= 0.3 is 5.97 Å². The Hall–Kier alpha value is -2.34. The number of ether oxygens (including phenoxy) is 1. The number of carbonyl (C=O) groups excluding carboxylic acids is 1. The van der Waals surface area contributed by atoms with E-state index in [4.69, 9.17) is 20.8 Å². The van der Waals surface area contributed by atoms with Gasteiger partial charge in [0.2, 0.25) is 11.7 Å². The van der Waals surface area contributed by atoms with Crippen molar-refractivity contribution in [3.05, 3.63) is 35.3 Å². The summed E-state index contributed by atoms with van der Waals surface area (Å²) in [6.45, 7) is 2.00. The maximum atomic E-state index is 11.6. The van der Waals surface area contributed by atoms with Gasteiger partial charge in [-0.05, 0) is 19.1 Å². The zero-order valence-corrected chi connectivity index (χ0v) is 12.2. The number of oxazole rings is 1. The normalized spacial score (nSPS) is 11.0. The molecule has 0 atom stereocenters. The van der Waals surface area contributed by atoms with Crippen LogP contribution in [0.2, 0.25) is 5.02 Å². The summed E-state index contributed by atoms with van der Waals surface area (Å²) >= 11 is 6.12. The van der Waals surface area contributed by atoms with Crippen LogP contribution in [-0.4, -0.2) is 27.3 Å². The Kier molecular flexibility index (Phi) is 3.39. The number of nitrogens with zero attached hydrogens (tertiary/aromatic N) is 3. The van der Waals surface area contributed by atoms with E-state index in [-0.39, 0.29) is 12.4 Å². The fraction of sp³-hybridized carbons (Fsp3) is 0.214. The second-order valence-electron chi connectivity index (χ2n) is 4.40. The topological polar surface area (TPSA) is 70.2 Å². The SMILES string of the molecule is CCOC(=O)c1cnc(-c2cc(Cl)cc3c2cnn3C)o1. The highest BCUT2D eigenvalue weighted by Crippen LogP contribution is 2.31. The maximum Gasteiger partial charge on any atom is 0.375 e. The Bertz CT molecular complexity index is 822. The first-order valence-corrected chi connectivity index (χ1v) is 6.72. The molecular weight excluding hydrogens is 294 g/mol. The lowest BCUT2D eigenvalue weighted by Crippen LogP contribution is -2.02. The van der Waals surface area contributed by atoms with Crippen molar-refractivity contribution in [3.63, 3.8) is 0 Å². The standard InChI is InChI=1S/C14H12ClN3O3/c1-3-20-14(19)12-7-16-13(21-12)9-4-8(15)5-11-10(9)6-17-18(11)2/h4-7H,3H2,1-2H3. The molecule has 3 rings (SSSR count). The lowest BCUT2D eigenvalue weighted by Gasteiger charge is -2.01. The van der Waals surface area contributed by atoms with E-state index < -0.39 is 5.97 Å². The van der Waals surface area contributed by atoms with Gasteiger partial charge in [-0.3, -0.25) is 4.68 Å². The molecule has 7 heteroatoms. The summed E-state index contributed by atoms with van der Waals surface area (Å²) in [4.78, 5) is 15.8. The Morgan fingerprint density at radius 3 is 3.00 bits per heavy atom. The van der Waals surface area contributed by atoms with E-state index in [0.29, 0.717) is 16.5 Å². The molecule has 0 N–H and O–H groups in total. The number of rotatable bonds is 3. The molecule has 0 bridgehead atoms. The van der Waals surface area contributed by atoms with Crippen LogP contribution >= 0.6 is 11.6 Å². The number of hydrogen-bond donors (Lipinski definition) is 0. The quantitative estimate of drug-likeness (QED) is 0.696. The summed E-state index contributed by atoms with van der Waals surface area (Å²) < 4.78 is 12.1. The molecule has 0 saturated carbocycles. The van der Waals surface area contributed by atoms with E-state index >= 15 is 0 Å². The van der Waals surface area contributed by atoms with Crippen LogP contribution in [0.25, 0.3) is 22.4 Å². The fourth-order valence-corrected chi connectivity index (χ4v) is 2.30. The molecule has 0 aliphatic heterocycles. The molecule has 0 spiro atoms. The monoisotopic (exact) mass is 305 g/mol. The van der Waals surface area contributed by atoms with Crippen molar-refractivity contribution in [3.8, 4) is 11.5 Å². The van der Waals surface area contributed by atoms with Gasteiger partial charge in [0.25, 0.3) is 0 Å². The first-order chi connectivity index (χ1) is 10.1. The summed E-state index contributed by atoms with van der Waals surface area (Å²) in [5.74, 6) is -0.178. The van der Waals surface area contributed by atoms with E-state index in [9.17, 15) is 4.79 Å². The summed E-state index contributed by atoms with van der Waals surface area (Å²) in [7, 11) is 1.82. The second-order valence-corrected chi connectivity index (χ2v) is 4.84. The molecule has 0 aliphatic carbocycles. The van der Waals surface area contributed by atoms with Crippen molar-refractivity contribution in [2.75, 3.05) is 6.61 Å². The summed E-state index contributed by atoms with van der Waals surface area (Å²) in [5.41, 5.74) is 1.54. The van der Waals surface area contributed by atoms with Crippen molar-refractivity contribution < 1.29 is 13.9 Å². The molecule has 0 aliphatic rings. The van der Waals surface area contributed by atoms with Crippen LogP contribution < -0.4 is 0 Å². The van der Waals surface area contributed by atoms with Gasteiger partial charge in [0.1, 0.15) is 0 Å². The highest BCUT2D eigenvalue weighted by molar-refractivity contribution is 6.31. The highest BCUT2D eigenvalue weighted by atomic mass is 35.5. The molecule has 3 aromatic rings. The van der Waals surface area contributed by atoms with Crippen LogP contribution in [0.15, 0.2) is 28.9 Å². The Balaban J connectivity index is 2.10. The number of hydrogen-bond acceptors (Lipinski definition) is 5. The van der Waals surface area contributed by atoms with Crippen molar-refractivity contribution in [2.24, 2.45) is 7.05 Å². The van der Waals surface area contributed by atoms with E-state index in [1.54, 1.807) is 23.9 Å². The summed E-state index contributed by atoms with van der Waals surface area (Å²) in [5, 5.41) is 5.58. The third-order valence-electron chi connectivity index (χ3n) is 3.04. The molecule has 0 amide bonds. The van der Waals surface area contributed by atoms with Crippen LogP contribution in [0, 0.1) is 0 Å². The molecule has 2 aromatic heterocycles. The molecule has 1 aromatic carbocycles.